The Morgan fingerprint density at radius 1 is 0.500 bits per heavy atom. The van der Waals surface area contributed by atoms with Crippen LogP contribution in [0.5, 0.6) is 0 Å². The van der Waals surface area contributed by atoms with Gasteiger partial charge >= 0.3 is 0 Å². The number of ether oxygens (including phenoxy) is 8. The Labute approximate surface area is 221 Å². The van der Waals surface area contributed by atoms with Crippen LogP contribution in [0.15, 0.2) is 0 Å². The summed E-state index contributed by atoms with van der Waals surface area (Å²) in [4.78, 5) is 22.7. The van der Waals surface area contributed by atoms with Crippen LogP contribution in [0, 0.1) is 0 Å². The summed E-state index contributed by atoms with van der Waals surface area (Å²) in [6, 6.07) is 0. The van der Waals surface area contributed by atoms with Crippen LogP contribution < -0.4 is 10.6 Å². The molecule has 0 aromatic heterocycles. The molecule has 0 bridgehead atoms. The summed E-state index contributed by atoms with van der Waals surface area (Å²) in [5.74, 6) is -0.0407. The van der Waals surface area contributed by atoms with Crippen molar-refractivity contribution in [2.75, 3.05) is 124 Å². The highest BCUT2D eigenvalue weighted by Crippen LogP contribution is 1.87. The summed E-state index contributed by atoms with van der Waals surface area (Å²) < 4.78 is 42.4. The van der Waals surface area contributed by atoms with Crippen LogP contribution in [-0.4, -0.2) is 144 Å². The molecule has 0 saturated carbocycles. The fourth-order valence-electron chi connectivity index (χ4n) is 2.34. The molecule has 2 N–H and O–H groups in total. The quantitative estimate of drug-likeness (QED) is 0.0606. The zero-order chi connectivity index (χ0) is 26.4. The molecule has 0 atom stereocenters. The largest absolute Gasteiger partial charge is 0.389 e. The molecule has 210 valence electrons. The second-order valence-electron chi connectivity index (χ2n) is 6.97. The maximum absolute atomic E-state index is 11.7. The van der Waals surface area contributed by atoms with Crippen molar-refractivity contribution in [2.45, 2.75) is 6.42 Å². The highest BCUT2D eigenvalue weighted by atomic mass is 32.1. The van der Waals surface area contributed by atoms with Crippen LogP contribution in [0.1, 0.15) is 6.42 Å². The Morgan fingerprint density at radius 3 is 1.22 bits per heavy atom. The first-order valence-electron chi connectivity index (χ1n) is 12.2. The van der Waals surface area contributed by atoms with Crippen molar-refractivity contribution < 1.29 is 47.5 Å². The van der Waals surface area contributed by atoms with Crippen LogP contribution in [0.3, 0.4) is 0 Å². The Kier molecular flexibility index (Phi) is 29.4. The molecule has 2 radical (unpaired) electrons. The van der Waals surface area contributed by atoms with Crippen molar-refractivity contribution in [1.29, 1.82) is 0 Å². The van der Waals surface area contributed by atoms with Crippen LogP contribution in [0.4, 0.5) is 0 Å². The number of carbonyl (C=O) groups is 2. The molecule has 0 aromatic rings. The minimum absolute atomic E-state index is 0.0914. The summed E-state index contributed by atoms with van der Waals surface area (Å²) in [7, 11) is 5.19. The van der Waals surface area contributed by atoms with Gasteiger partial charge in [0.25, 0.3) is 0 Å². The maximum Gasteiger partial charge on any atom is 0.229 e. The third-order valence-electron chi connectivity index (χ3n) is 4.10. The topological polar surface area (TPSA) is 132 Å². The lowest BCUT2D eigenvalue weighted by Crippen LogP contribution is -2.28. The van der Waals surface area contributed by atoms with Gasteiger partial charge in [-0.1, -0.05) is 0 Å². The standard InChI is InChI=1S/C22H43BN2O10S/c23-20-35-18-17-34-16-15-33-11-8-29-5-2-24-21(26)1-4-28-7-10-31-13-14-32-12-9-30-6-3-25-22(27)19-36/h36H,1-20H2,(H,24,26)(H,25,27). The Bertz CT molecular complexity index is 498. The summed E-state index contributed by atoms with van der Waals surface area (Å²) >= 11 is 3.86. The molecule has 0 rings (SSSR count). The van der Waals surface area contributed by atoms with E-state index in [4.69, 9.17) is 45.7 Å². The van der Waals surface area contributed by atoms with Crippen molar-refractivity contribution >= 4 is 32.3 Å². The lowest BCUT2D eigenvalue weighted by Gasteiger charge is -2.09. The molecular formula is C22H43BN2O10S. The third-order valence-corrected chi connectivity index (χ3v) is 4.39. The van der Waals surface area contributed by atoms with Crippen LogP contribution in [-0.2, 0) is 47.5 Å². The molecule has 0 aliphatic heterocycles. The van der Waals surface area contributed by atoms with E-state index in [0.29, 0.717) is 112 Å². The second-order valence-corrected chi connectivity index (χ2v) is 7.29. The third kappa shape index (κ3) is 29.3. The number of hydrogen-bond donors (Lipinski definition) is 3. The van der Waals surface area contributed by atoms with Gasteiger partial charge in [0.1, 0.15) is 7.85 Å². The summed E-state index contributed by atoms with van der Waals surface area (Å²) in [6.45, 7) is 7.76. The van der Waals surface area contributed by atoms with Crippen LogP contribution in [0.25, 0.3) is 0 Å². The predicted molar refractivity (Wildman–Crippen MR) is 137 cm³/mol. The summed E-state index contributed by atoms with van der Waals surface area (Å²) in [5.41, 5.74) is 0. The normalized spacial score (nSPS) is 11.0. The Balaban J connectivity index is 3.16. The zero-order valence-electron chi connectivity index (χ0n) is 21.2. The second kappa shape index (κ2) is 30.3. The van der Waals surface area contributed by atoms with Gasteiger partial charge in [0.05, 0.1) is 105 Å². The lowest BCUT2D eigenvalue weighted by atomic mass is 10.2. The van der Waals surface area contributed by atoms with Gasteiger partial charge in [-0.25, -0.2) is 0 Å². The van der Waals surface area contributed by atoms with E-state index in [2.05, 4.69) is 23.3 Å². The van der Waals surface area contributed by atoms with Crippen molar-refractivity contribution in [2.24, 2.45) is 0 Å². The fourth-order valence-corrected chi connectivity index (χ4v) is 2.45. The van der Waals surface area contributed by atoms with Gasteiger partial charge in [-0.3, -0.25) is 9.59 Å². The van der Waals surface area contributed by atoms with Gasteiger partial charge in [-0.2, -0.15) is 12.6 Å². The van der Waals surface area contributed by atoms with Gasteiger partial charge in [0.2, 0.25) is 11.8 Å². The first-order chi connectivity index (χ1) is 17.7. The molecule has 0 aromatic carbocycles. The molecule has 2 amide bonds. The summed E-state index contributed by atoms with van der Waals surface area (Å²) in [5, 5.41) is 5.42. The van der Waals surface area contributed by atoms with E-state index in [0.717, 1.165) is 0 Å². The van der Waals surface area contributed by atoms with Crippen LogP contribution in [0.2, 0.25) is 0 Å². The number of hydrogen-bond acceptors (Lipinski definition) is 11. The molecule has 0 spiro atoms. The predicted octanol–water partition coefficient (Wildman–Crippen LogP) is -1.20. The highest BCUT2D eigenvalue weighted by Gasteiger charge is 2.01. The number of thiol groups is 1. The molecule has 0 saturated heterocycles. The number of nitrogens with one attached hydrogen (secondary N) is 2. The molecule has 0 heterocycles. The van der Waals surface area contributed by atoms with Gasteiger partial charge in [0, 0.05) is 26.0 Å². The average Bonchev–Trinajstić information content (AvgIpc) is 2.88. The van der Waals surface area contributed by atoms with E-state index in [1.165, 1.54) is 0 Å². The van der Waals surface area contributed by atoms with E-state index in [1.807, 2.05) is 0 Å². The van der Waals surface area contributed by atoms with Crippen molar-refractivity contribution in [3.8, 4) is 0 Å². The van der Waals surface area contributed by atoms with Crippen molar-refractivity contribution in [1.82, 2.24) is 10.6 Å². The first kappa shape index (κ1) is 35.0. The molecule has 14 heteroatoms. The Hall–Kier alpha value is -0.965. The SMILES string of the molecule is [B]COCCOCCOCCOCCNC(=O)CCOCCOCCOCCOCCNC(=O)CS. The minimum atomic E-state index is -0.119. The number of carbonyl (C=O) groups excluding carboxylic acids is 2. The molecular weight excluding hydrogens is 495 g/mol. The smallest absolute Gasteiger partial charge is 0.229 e. The van der Waals surface area contributed by atoms with E-state index in [-0.39, 0.29) is 30.5 Å². The minimum Gasteiger partial charge on any atom is -0.389 e. The van der Waals surface area contributed by atoms with Gasteiger partial charge in [-0.05, 0) is 0 Å². The zero-order valence-corrected chi connectivity index (χ0v) is 22.1. The first-order valence-corrected chi connectivity index (χ1v) is 12.8. The van der Waals surface area contributed by atoms with E-state index in [9.17, 15) is 9.59 Å². The summed E-state index contributed by atoms with van der Waals surface area (Å²) in [6.07, 6.45) is 0.279. The van der Waals surface area contributed by atoms with Crippen LogP contribution >= 0.6 is 12.6 Å². The van der Waals surface area contributed by atoms with E-state index in [1.54, 1.807) is 0 Å². The fraction of sp³-hybridized carbons (Fsp3) is 0.909. The number of rotatable bonds is 29. The van der Waals surface area contributed by atoms with Gasteiger partial charge in [0.15, 0.2) is 0 Å². The monoisotopic (exact) mass is 538 g/mol. The van der Waals surface area contributed by atoms with E-state index >= 15 is 0 Å². The molecule has 0 fully saturated rings. The Morgan fingerprint density at radius 2 is 0.833 bits per heavy atom. The van der Waals surface area contributed by atoms with Crippen molar-refractivity contribution in [3.63, 3.8) is 0 Å². The molecule has 0 aliphatic carbocycles. The lowest BCUT2D eigenvalue weighted by molar-refractivity contribution is -0.122. The maximum atomic E-state index is 11.7. The van der Waals surface area contributed by atoms with Crippen molar-refractivity contribution in [3.05, 3.63) is 0 Å². The van der Waals surface area contributed by atoms with E-state index < -0.39 is 0 Å². The molecule has 36 heavy (non-hydrogen) atoms. The molecule has 0 unspecified atom stereocenters. The highest BCUT2D eigenvalue weighted by molar-refractivity contribution is 7.81. The van der Waals surface area contributed by atoms with Gasteiger partial charge in [-0.15, -0.1) is 0 Å². The number of amides is 2. The molecule has 12 nitrogen and oxygen atoms in total. The molecule has 0 aliphatic rings. The average molecular weight is 538 g/mol. The van der Waals surface area contributed by atoms with Gasteiger partial charge < -0.3 is 48.5 Å².